The summed E-state index contributed by atoms with van der Waals surface area (Å²) in [5, 5.41) is 10.3. The third-order valence-corrected chi connectivity index (χ3v) is 7.07. The SMILES string of the molecule is CCOc1ccc2c(c1)OCC[C@@]21Cn2nc(-c3ccc(F)cc3)c(NC(=O)CS(C)(=O)=O)c2C(=O)N1. The van der Waals surface area contributed by atoms with Crippen molar-refractivity contribution in [2.24, 2.45) is 0 Å². The second-order valence-electron chi connectivity index (χ2n) is 9.08. The Morgan fingerprint density at radius 3 is 2.73 bits per heavy atom. The van der Waals surface area contributed by atoms with Crippen LogP contribution in [0.15, 0.2) is 42.5 Å². The third kappa shape index (κ3) is 4.76. The Balaban J connectivity index is 1.59. The fourth-order valence-electron chi connectivity index (χ4n) is 4.76. The van der Waals surface area contributed by atoms with Gasteiger partial charge in [0.1, 0.15) is 34.5 Å². The van der Waals surface area contributed by atoms with Gasteiger partial charge in [0, 0.05) is 29.9 Å². The standard InChI is InChI=1S/C25H25FN4O6S/c1-3-35-17-8-9-18-19(12-17)36-11-10-25(18)14-30-23(24(32)28-25)22(27-20(31)13-37(2,33)34)21(29-30)15-4-6-16(26)7-5-15/h4-9,12H,3,10-11,13-14H2,1-2H3,(H,27,31)(H,28,32)/t25-/m1/s1. The molecule has 0 saturated carbocycles. The zero-order chi connectivity index (χ0) is 26.4. The highest BCUT2D eigenvalue weighted by Crippen LogP contribution is 2.43. The van der Waals surface area contributed by atoms with Gasteiger partial charge in [0.15, 0.2) is 15.5 Å². The van der Waals surface area contributed by atoms with E-state index in [-0.39, 0.29) is 23.6 Å². The van der Waals surface area contributed by atoms with E-state index >= 15 is 0 Å². The molecule has 1 atom stereocenters. The molecule has 1 aromatic heterocycles. The molecule has 0 bridgehead atoms. The molecule has 2 aromatic carbocycles. The van der Waals surface area contributed by atoms with Crippen molar-refractivity contribution < 1.29 is 31.9 Å². The van der Waals surface area contributed by atoms with Crippen LogP contribution in [0.1, 0.15) is 29.4 Å². The van der Waals surface area contributed by atoms with Crippen LogP contribution in [0.2, 0.25) is 0 Å². The number of sulfone groups is 1. The monoisotopic (exact) mass is 528 g/mol. The van der Waals surface area contributed by atoms with Crippen molar-refractivity contribution in [2.45, 2.75) is 25.4 Å². The van der Waals surface area contributed by atoms with Crippen LogP contribution in [-0.2, 0) is 26.7 Å². The van der Waals surface area contributed by atoms with Gasteiger partial charge in [-0.15, -0.1) is 0 Å². The van der Waals surface area contributed by atoms with E-state index in [1.807, 2.05) is 19.1 Å². The van der Waals surface area contributed by atoms with Gasteiger partial charge in [-0.1, -0.05) is 0 Å². The van der Waals surface area contributed by atoms with Crippen LogP contribution in [0, 0.1) is 5.82 Å². The second-order valence-corrected chi connectivity index (χ2v) is 11.2. The van der Waals surface area contributed by atoms with E-state index in [9.17, 15) is 22.4 Å². The van der Waals surface area contributed by atoms with E-state index < -0.39 is 38.8 Å². The molecular formula is C25H25FN4O6S. The summed E-state index contributed by atoms with van der Waals surface area (Å²) < 4.78 is 49.9. The van der Waals surface area contributed by atoms with Gasteiger partial charge in [-0.05, 0) is 43.3 Å². The zero-order valence-electron chi connectivity index (χ0n) is 20.2. The lowest BCUT2D eigenvalue weighted by Crippen LogP contribution is -2.55. The van der Waals surface area contributed by atoms with Crippen molar-refractivity contribution in [2.75, 3.05) is 30.5 Å². The molecule has 0 radical (unpaired) electrons. The van der Waals surface area contributed by atoms with Gasteiger partial charge in [0.05, 0.1) is 25.3 Å². The van der Waals surface area contributed by atoms with Crippen molar-refractivity contribution in [1.82, 2.24) is 15.1 Å². The summed E-state index contributed by atoms with van der Waals surface area (Å²) in [6.45, 7) is 2.96. The van der Waals surface area contributed by atoms with Crippen LogP contribution >= 0.6 is 0 Å². The minimum absolute atomic E-state index is 0.0617. The largest absolute Gasteiger partial charge is 0.494 e. The molecule has 10 nitrogen and oxygen atoms in total. The van der Waals surface area contributed by atoms with Gasteiger partial charge in [-0.2, -0.15) is 5.10 Å². The lowest BCUT2D eigenvalue weighted by atomic mass is 9.83. The van der Waals surface area contributed by atoms with Crippen LogP contribution in [0.25, 0.3) is 11.3 Å². The number of ether oxygens (including phenoxy) is 2. The highest BCUT2D eigenvalue weighted by Gasteiger charge is 2.46. The van der Waals surface area contributed by atoms with Crippen LogP contribution < -0.4 is 20.1 Å². The maximum atomic E-state index is 13.6. The molecule has 3 aromatic rings. The van der Waals surface area contributed by atoms with Gasteiger partial charge in [-0.3, -0.25) is 14.3 Å². The minimum atomic E-state index is -3.62. The molecule has 3 heterocycles. The quantitative estimate of drug-likeness (QED) is 0.503. The first-order chi connectivity index (χ1) is 17.6. The van der Waals surface area contributed by atoms with Crippen molar-refractivity contribution in [3.8, 4) is 22.8 Å². The Kier molecular flexibility index (Phi) is 6.14. The Bertz CT molecular complexity index is 1500. The molecule has 5 rings (SSSR count). The zero-order valence-corrected chi connectivity index (χ0v) is 21.0. The van der Waals surface area contributed by atoms with Crippen LogP contribution in [-0.4, -0.2) is 55.2 Å². The number of fused-ring (bicyclic) bond motifs is 3. The summed E-state index contributed by atoms with van der Waals surface area (Å²) in [6, 6.07) is 10.9. The molecule has 37 heavy (non-hydrogen) atoms. The number of anilines is 1. The Morgan fingerprint density at radius 1 is 1.27 bits per heavy atom. The molecule has 2 aliphatic heterocycles. The fraction of sp³-hybridized carbons (Fsp3) is 0.320. The molecule has 0 saturated heterocycles. The highest BCUT2D eigenvalue weighted by atomic mass is 32.2. The van der Waals surface area contributed by atoms with E-state index in [0.717, 1.165) is 11.8 Å². The predicted molar refractivity (Wildman–Crippen MR) is 133 cm³/mol. The van der Waals surface area contributed by atoms with E-state index in [0.29, 0.717) is 36.7 Å². The van der Waals surface area contributed by atoms with E-state index in [1.54, 1.807) is 6.07 Å². The van der Waals surface area contributed by atoms with Crippen LogP contribution in [0.5, 0.6) is 11.5 Å². The molecule has 12 heteroatoms. The van der Waals surface area contributed by atoms with Crippen LogP contribution in [0.3, 0.4) is 0 Å². The molecule has 0 fully saturated rings. The number of aromatic nitrogens is 2. The van der Waals surface area contributed by atoms with Crippen molar-refractivity contribution in [3.05, 3.63) is 59.5 Å². The van der Waals surface area contributed by atoms with E-state index in [2.05, 4.69) is 15.7 Å². The first-order valence-corrected chi connectivity index (χ1v) is 13.7. The number of hydrogen-bond acceptors (Lipinski definition) is 7. The van der Waals surface area contributed by atoms with E-state index in [1.165, 1.54) is 28.9 Å². The lowest BCUT2D eigenvalue weighted by Gasteiger charge is -2.42. The van der Waals surface area contributed by atoms with Crippen molar-refractivity contribution in [3.63, 3.8) is 0 Å². The molecule has 2 amide bonds. The average Bonchev–Trinajstić information content (AvgIpc) is 3.16. The first-order valence-electron chi connectivity index (χ1n) is 11.7. The van der Waals surface area contributed by atoms with Gasteiger partial charge in [-0.25, -0.2) is 12.8 Å². The molecule has 0 unspecified atom stereocenters. The molecule has 2 aliphatic rings. The fourth-order valence-corrected chi connectivity index (χ4v) is 5.31. The summed E-state index contributed by atoms with van der Waals surface area (Å²) in [5.74, 6) is -1.29. The summed E-state index contributed by atoms with van der Waals surface area (Å²) in [7, 11) is -3.62. The Hall–Kier alpha value is -3.93. The third-order valence-electron chi connectivity index (χ3n) is 6.28. The van der Waals surface area contributed by atoms with Gasteiger partial charge >= 0.3 is 0 Å². The molecular weight excluding hydrogens is 503 g/mol. The summed E-state index contributed by atoms with van der Waals surface area (Å²) >= 11 is 0. The number of rotatable bonds is 6. The molecule has 2 N–H and O–H groups in total. The first kappa shape index (κ1) is 24.8. The normalized spacial score (nSPS) is 18.4. The van der Waals surface area contributed by atoms with Crippen molar-refractivity contribution in [1.29, 1.82) is 0 Å². The number of benzene rings is 2. The number of nitrogens with one attached hydrogen (secondary N) is 2. The van der Waals surface area contributed by atoms with E-state index in [4.69, 9.17) is 9.47 Å². The Labute approximate surface area is 212 Å². The number of carbonyl (C=O) groups excluding carboxylic acids is 2. The number of carbonyl (C=O) groups is 2. The Morgan fingerprint density at radius 2 is 2.03 bits per heavy atom. The maximum Gasteiger partial charge on any atom is 0.272 e. The molecule has 1 spiro atoms. The number of hydrogen-bond donors (Lipinski definition) is 2. The number of halogens is 1. The highest BCUT2D eigenvalue weighted by molar-refractivity contribution is 7.91. The smallest absolute Gasteiger partial charge is 0.272 e. The number of nitrogens with zero attached hydrogens (tertiary/aromatic N) is 2. The lowest BCUT2D eigenvalue weighted by molar-refractivity contribution is -0.113. The average molecular weight is 529 g/mol. The van der Waals surface area contributed by atoms with Gasteiger partial charge in [0.2, 0.25) is 5.91 Å². The minimum Gasteiger partial charge on any atom is -0.494 e. The number of amides is 2. The maximum absolute atomic E-state index is 13.6. The summed E-state index contributed by atoms with van der Waals surface area (Å²) in [5.41, 5.74) is 0.749. The van der Waals surface area contributed by atoms with Crippen molar-refractivity contribution >= 4 is 27.3 Å². The summed E-state index contributed by atoms with van der Waals surface area (Å²) in [6.07, 6.45) is 1.41. The summed E-state index contributed by atoms with van der Waals surface area (Å²) in [4.78, 5) is 26.1. The second kappa shape index (κ2) is 9.18. The van der Waals surface area contributed by atoms with Crippen LogP contribution in [0.4, 0.5) is 10.1 Å². The van der Waals surface area contributed by atoms with Gasteiger partial charge < -0.3 is 20.1 Å². The van der Waals surface area contributed by atoms with Gasteiger partial charge in [0.25, 0.3) is 5.91 Å². The topological polar surface area (TPSA) is 129 Å². The molecule has 194 valence electrons. The predicted octanol–water partition coefficient (Wildman–Crippen LogP) is 2.49. The molecule has 0 aliphatic carbocycles.